The average Bonchev–Trinajstić information content (AvgIpc) is 2.75. The van der Waals surface area contributed by atoms with Gasteiger partial charge < -0.3 is 9.88 Å². The van der Waals surface area contributed by atoms with Gasteiger partial charge in [-0.05, 0) is 18.2 Å². The predicted octanol–water partition coefficient (Wildman–Crippen LogP) is 3.58. The van der Waals surface area contributed by atoms with E-state index in [2.05, 4.69) is 10.3 Å². The van der Waals surface area contributed by atoms with E-state index in [1.807, 2.05) is 0 Å². The molecular weight excluding hydrogens is 305 g/mol. The summed E-state index contributed by atoms with van der Waals surface area (Å²) in [5.74, 6) is 0.601. The summed E-state index contributed by atoms with van der Waals surface area (Å²) in [6.45, 7) is 0.239. The van der Waals surface area contributed by atoms with Crippen LogP contribution in [0, 0.1) is 11.3 Å². The molecule has 21 heavy (non-hydrogen) atoms. The number of anilines is 1. The molecule has 0 amide bonds. The van der Waals surface area contributed by atoms with Crippen LogP contribution in [0.1, 0.15) is 17.0 Å². The first-order valence-electron chi connectivity index (χ1n) is 5.84. The monoisotopic (exact) mass is 314 g/mol. The molecule has 0 spiro atoms. The highest BCUT2D eigenvalue weighted by Gasteiger charge is 2.31. The van der Waals surface area contributed by atoms with E-state index in [0.29, 0.717) is 16.7 Å². The quantitative estimate of drug-likeness (QED) is 0.942. The molecule has 0 saturated heterocycles. The van der Waals surface area contributed by atoms with Crippen molar-refractivity contribution in [1.82, 2.24) is 9.55 Å². The number of halogens is 4. The molecule has 4 nitrogen and oxygen atoms in total. The fourth-order valence-corrected chi connectivity index (χ4v) is 1.88. The summed E-state index contributed by atoms with van der Waals surface area (Å²) in [5, 5.41) is 12.3. The molecular formula is C13H10ClF3N4. The van der Waals surface area contributed by atoms with E-state index < -0.39 is 11.7 Å². The van der Waals surface area contributed by atoms with Gasteiger partial charge in [0.1, 0.15) is 17.0 Å². The molecule has 0 aliphatic heterocycles. The van der Waals surface area contributed by atoms with Crippen LogP contribution in [-0.4, -0.2) is 9.55 Å². The number of nitrogens with zero attached hydrogens (tertiary/aromatic N) is 3. The molecule has 0 fully saturated rings. The Kier molecular flexibility index (Phi) is 4.09. The van der Waals surface area contributed by atoms with Crippen LogP contribution >= 0.6 is 11.6 Å². The summed E-state index contributed by atoms with van der Waals surface area (Å²) in [7, 11) is 1.71. The molecule has 1 aromatic carbocycles. The van der Waals surface area contributed by atoms with Crippen molar-refractivity contribution in [1.29, 1.82) is 5.26 Å². The Balaban J connectivity index is 2.21. The molecule has 2 aromatic rings. The molecule has 0 saturated carbocycles. The molecule has 0 atom stereocenters. The highest BCUT2D eigenvalue weighted by atomic mass is 35.5. The van der Waals surface area contributed by atoms with Crippen LogP contribution in [0.15, 0.2) is 24.4 Å². The zero-order valence-corrected chi connectivity index (χ0v) is 11.6. The fraction of sp³-hybridized carbons (Fsp3) is 0.231. The molecule has 0 unspecified atom stereocenters. The number of nitriles is 1. The molecule has 8 heteroatoms. The van der Waals surface area contributed by atoms with Crippen molar-refractivity contribution in [3.8, 4) is 6.07 Å². The second-order valence-electron chi connectivity index (χ2n) is 4.28. The van der Waals surface area contributed by atoms with Gasteiger partial charge in [0, 0.05) is 7.05 Å². The minimum Gasteiger partial charge on any atom is -0.377 e. The Labute approximate surface area is 123 Å². The van der Waals surface area contributed by atoms with Gasteiger partial charge in [-0.15, -0.1) is 0 Å². The van der Waals surface area contributed by atoms with Crippen molar-refractivity contribution in [2.45, 2.75) is 12.7 Å². The van der Waals surface area contributed by atoms with Gasteiger partial charge in [-0.2, -0.15) is 18.4 Å². The predicted molar refractivity (Wildman–Crippen MR) is 71.7 cm³/mol. The minimum atomic E-state index is -4.47. The van der Waals surface area contributed by atoms with Crippen molar-refractivity contribution in [2.75, 3.05) is 5.32 Å². The first-order valence-corrected chi connectivity index (χ1v) is 6.22. The smallest absolute Gasteiger partial charge is 0.377 e. The second kappa shape index (κ2) is 5.66. The van der Waals surface area contributed by atoms with Crippen molar-refractivity contribution in [3.63, 3.8) is 0 Å². The summed E-state index contributed by atoms with van der Waals surface area (Å²) in [6, 6.07) is 4.71. The lowest BCUT2D eigenvalue weighted by Gasteiger charge is -2.11. The standard InChI is InChI=1S/C13H10ClF3N4/c1-21-11(14)6-20-12(21)7-19-10-3-2-9(13(15,16)17)4-8(10)5-18/h2-4,6,19H,7H2,1H3. The Hall–Kier alpha value is -2.20. The maximum absolute atomic E-state index is 12.6. The van der Waals surface area contributed by atoms with E-state index >= 15 is 0 Å². The Morgan fingerprint density at radius 2 is 2.14 bits per heavy atom. The first kappa shape index (κ1) is 15.2. The van der Waals surface area contributed by atoms with Crippen LogP contribution in [0.3, 0.4) is 0 Å². The zero-order valence-electron chi connectivity index (χ0n) is 10.9. The van der Waals surface area contributed by atoms with Gasteiger partial charge in [0.2, 0.25) is 0 Å². The molecule has 0 aliphatic carbocycles. The third kappa shape index (κ3) is 3.28. The van der Waals surface area contributed by atoms with E-state index in [1.54, 1.807) is 17.7 Å². The lowest BCUT2D eigenvalue weighted by atomic mass is 10.1. The highest BCUT2D eigenvalue weighted by molar-refractivity contribution is 6.29. The van der Waals surface area contributed by atoms with Crippen LogP contribution in [0.2, 0.25) is 5.15 Å². The number of alkyl halides is 3. The third-order valence-electron chi connectivity index (χ3n) is 2.93. The number of benzene rings is 1. The first-order chi connectivity index (χ1) is 9.82. The van der Waals surface area contributed by atoms with Gasteiger partial charge in [-0.1, -0.05) is 11.6 Å². The Morgan fingerprint density at radius 1 is 1.43 bits per heavy atom. The maximum Gasteiger partial charge on any atom is 0.416 e. The molecule has 110 valence electrons. The summed E-state index contributed by atoms with van der Waals surface area (Å²) in [6.07, 6.45) is -3.01. The van der Waals surface area contributed by atoms with Crippen LogP contribution in [0.5, 0.6) is 0 Å². The van der Waals surface area contributed by atoms with Crippen molar-refractivity contribution >= 4 is 17.3 Å². The summed E-state index contributed by atoms with van der Waals surface area (Å²) in [5.41, 5.74) is -0.626. The second-order valence-corrected chi connectivity index (χ2v) is 4.67. The number of hydrogen-bond donors (Lipinski definition) is 1. The van der Waals surface area contributed by atoms with Crippen molar-refractivity contribution in [2.24, 2.45) is 7.05 Å². The van der Waals surface area contributed by atoms with Gasteiger partial charge >= 0.3 is 6.18 Å². The number of imidazole rings is 1. The van der Waals surface area contributed by atoms with E-state index in [1.165, 1.54) is 12.3 Å². The Bertz CT molecular complexity index is 700. The van der Waals surface area contributed by atoms with E-state index in [0.717, 1.165) is 12.1 Å². The number of hydrogen-bond acceptors (Lipinski definition) is 3. The van der Waals surface area contributed by atoms with Crippen LogP contribution in [0.25, 0.3) is 0 Å². The van der Waals surface area contributed by atoms with Gasteiger partial charge in [0.25, 0.3) is 0 Å². The number of nitrogens with one attached hydrogen (secondary N) is 1. The minimum absolute atomic E-state index is 0.0786. The highest BCUT2D eigenvalue weighted by Crippen LogP contribution is 2.31. The molecule has 0 aliphatic rings. The average molecular weight is 315 g/mol. The van der Waals surface area contributed by atoms with Crippen LogP contribution < -0.4 is 5.32 Å². The van der Waals surface area contributed by atoms with Crippen molar-refractivity contribution in [3.05, 3.63) is 46.5 Å². The fourth-order valence-electron chi connectivity index (χ4n) is 1.73. The van der Waals surface area contributed by atoms with Crippen LogP contribution in [-0.2, 0) is 19.8 Å². The number of aromatic nitrogens is 2. The van der Waals surface area contributed by atoms with Crippen LogP contribution in [0.4, 0.5) is 18.9 Å². The lowest BCUT2D eigenvalue weighted by molar-refractivity contribution is -0.137. The molecule has 1 N–H and O–H groups in total. The van der Waals surface area contributed by atoms with Gasteiger partial charge in [0.15, 0.2) is 0 Å². The summed E-state index contributed by atoms with van der Waals surface area (Å²) < 4.78 is 39.4. The van der Waals surface area contributed by atoms with Gasteiger partial charge in [0.05, 0.1) is 29.6 Å². The van der Waals surface area contributed by atoms with E-state index in [4.69, 9.17) is 16.9 Å². The largest absolute Gasteiger partial charge is 0.416 e. The topological polar surface area (TPSA) is 53.6 Å². The Morgan fingerprint density at radius 3 is 2.67 bits per heavy atom. The molecule has 1 aromatic heterocycles. The maximum atomic E-state index is 12.6. The molecule has 0 bridgehead atoms. The lowest BCUT2D eigenvalue weighted by Crippen LogP contribution is -2.09. The molecule has 1 heterocycles. The SMILES string of the molecule is Cn1c(Cl)cnc1CNc1ccc(C(F)(F)F)cc1C#N. The third-order valence-corrected chi connectivity index (χ3v) is 3.28. The number of rotatable bonds is 3. The van der Waals surface area contributed by atoms with Crippen molar-refractivity contribution < 1.29 is 13.2 Å². The zero-order chi connectivity index (χ0) is 15.6. The molecule has 0 radical (unpaired) electrons. The normalized spacial score (nSPS) is 11.2. The molecule has 2 rings (SSSR count). The van der Waals surface area contributed by atoms with Gasteiger partial charge in [-0.3, -0.25) is 0 Å². The van der Waals surface area contributed by atoms with Gasteiger partial charge in [-0.25, -0.2) is 4.98 Å². The summed E-state index contributed by atoms with van der Waals surface area (Å²) in [4.78, 5) is 4.05. The van der Waals surface area contributed by atoms with E-state index in [-0.39, 0.29) is 12.1 Å². The van der Waals surface area contributed by atoms with E-state index in [9.17, 15) is 13.2 Å². The summed E-state index contributed by atoms with van der Waals surface area (Å²) >= 11 is 5.84.